The molecule has 2 N–H and O–H groups in total. The maximum atomic E-state index is 12.1. The van der Waals surface area contributed by atoms with E-state index in [4.69, 9.17) is 0 Å². The van der Waals surface area contributed by atoms with Crippen LogP contribution in [0.1, 0.15) is 31.7 Å². The minimum absolute atomic E-state index is 0.128. The molecule has 1 heterocycles. The molecule has 0 saturated heterocycles. The van der Waals surface area contributed by atoms with Gasteiger partial charge < -0.3 is 15.3 Å². The number of aromatic nitrogens is 1. The van der Waals surface area contributed by atoms with Crippen LogP contribution in [-0.4, -0.2) is 40.1 Å². The van der Waals surface area contributed by atoms with Crippen molar-refractivity contribution in [3.63, 3.8) is 0 Å². The topological polar surface area (TPSA) is 82.5 Å². The minimum Gasteiger partial charge on any atom is -0.480 e. The molecule has 1 rings (SSSR count). The highest BCUT2D eigenvalue weighted by molar-refractivity contribution is 5.82. The van der Waals surface area contributed by atoms with E-state index in [-0.39, 0.29) is 5.92 Å². The summed E-state index contributed by atoms with van der Waals surface area (Å²) in [6, 6.07) is 4.30. The summed E-state index contributed by atoms with van der Waals surface area (Å²) < 4.78 is 0. The number of urea groups is 1. The molecule has 6 nitrogen and oxygen atoms in total. The number of carbonyl (C=O) groups excluding carboxylic acids is 1. The van der Waals surface area contributed by atoms with Crippen LogP contribution in [0.3, 0.4) is 0 Å². The van der Waals surface area contributed by atoms with Gasteiger partial charge in [-0.1, -0.05) is 26.3 Å². The van der Waals surface area contributed by atoms with Gasteiger partial charge in [0.2, 0.25) is 0 Å². The smallest absolute Gasteiger partial charge is 0.326 e. The Kier molecular flexibility index (Phi) is 6.14. The molecule has 0 aliphatic heterocycles. The molecule has 1 unspecified atom stereocenters. The van der Waals surface area contributed by atoms with Crippen molar-refractivity contribution in [1.82, 2.24) is 15.2 Å². The van der Waals surface area contributed by atoms with Crippen LogP contribution < -0.4 is 5.32 Å². The zero-order chi connectivity index (χ0) is 16.0. The Morgan fingerprint density at radius 3 is 2.62 bits per heavy atom. The van der Waals surface area contributed by atoms with Gasteiger partial charge in [-0.25, -0.2) is 9.59 Å². The van der Waals surface area contributed by atoms with Crippen LogP contribution in [0, 0.1) is 12.8 Å². The molecular weight excluding hydrogens is 270 g/mol. The van der Waals surface area contributed by atoms with Gasteiger partial charge in [0.1, 0.15) is 6.04 Å². The summed E-state index contributed by atoms with van der Waals surface area (Å²) in [5, 5.41) is 11.7. The lowest BCUT2D eigenvalue weighted by molar-refractivity contribution is -0.140. The van der Waals surface area contributed by atoms with Gasteiger partial charge in [-0.2, -0.15) is 0 Å². The lowest BCUT2D eigenvalue weighted by Gasteiger charge is -2.24. The quantitative estimate of drug-likeness (QED) is 0.840. The first kappa shape index (κ1) is 16.9. The monoisotopic (exact) mass is 293 g/mol. The van der Waals surface area contributed by atoms with Crippen molar-refractivity contribution in [2.75, 3.05) is 7.05 Å². The van der Waals surface area contributed by atoms with E-state index in [9.17, 15) is 14.7 Å². The number of nitrogens with one attached hydrogen (secondary N) is 1. The molecule has 0 saturated carbocycles. The minimum atomic E-state index is -1.01. The van der Waals surface area contributed by atoms with Crippen LogP contribution >= 0.6 is 0 Å². The predicted octanol–water partition coefficient (Wildman–Crippen LogP) is 2.03. The number of carboxylic acids is 1. The molecule has 0 spiro atoms. The van der Waals surface area contributed by atoms with Gasteiger partial charge >= 0.3 is 12.0 Å². The van der Waals surface area contributed by atoms with Crippen LogP contribution in [-0.2, 0) is 11.3 Å². The van der Waals surface area contributed by atoms with Crippen molar-refractivity contribution in [3.05, 3.63) is 29.6 Å². The van der Waals surface area contributed by atoms with Crippen LogP contribution in [0.15, 0.2) is 18.2 Å². The van der Waals surface area contributed by atoms with Gasteiger partial charge in [-0.3, -0.25) is 4.98 Å². The maximum absolute atomic E-state index is 12.1. The number of carbonyl (C=O) groups is 2. The molecule has 6 heteroatoms. The average Bonchev–Trinajstić information content (AvgIpc) is 2.43. The molecule has 0 radical (unpaired) electrons. The Balaban J connectivity index is 2.67. The second-order valence-corrected chi connectivity index (χ2v) is 5.28. The van der Waals surface area contributed by atoms with Crippen molar-refractivity contribution in [1.29, 1.82) is 0 Å². The summed E-state index contributed by atoms with van der Waals surface area (Å²) in [5.74, 6) is -1.14. The molecule has 1 aromatic heterocycles. The third-order valence-electron chi connectivity index (χ3n) is 3.45. The molecule has 2 atom stereocenters. The lowest BCUT2D eigenvalue weighted by atomic mass is 9.99. The van der Waals surface area contributed by atoms with Gasteiger partial charge in [0.15, 0.2) is 0 Å². The number of aliphatic carboxylic acids is 1. The Labute approximate surface area is 125 Å². The molecule has 0 aromatic carbocycles. The van der Waals surface area contributed by atoms with E-state index in [0.717, 1.165) is 11.4 Å². The van der Waals surface area contributed by atoms with Crippen molar-refractivity contribution in [2.24, 2.45) is 5.92 Å². The second-order valence-electron chi connectivity index (χ2n) is 5.28. The summed E-state index contributed by atoms with van der Waals surface area (Å²) >= 11 is 0. The molecule has 1 aromatic rings. The third kappa shape index (κ3) is 5.06. The number of pyridine rings is 1. The number of hydrogen-bond donors (Lipinski definition) is 2. The average molecular weight is 293 g/mol. The van der Waals surface area contributed by atoms with Crippen molar-refractivity contribution in [3.8, 4) is 0 Å². The zero-order valence-electron chi connectivity index (χ0n) is 13.0. The molecule has 0 fully saturated rings. The van der Waals surface area contributed by atoms with Crippen molar-refractivity contribution in [2.45, 2.75) is 39.8 Å². The van der Waals surface area contributed by atoms with E-state index in [0.29, 0.717) is 13.0 Å². The van der Waals surface area contributed by atoms with E-state index < -0.39 is 18.0 Å². The zero-order valence-corrected chi connectivity index (χ0v) is 13.0. The van der Waals surface area contributed by atoms with E-state index >= 15 is 0 Å². The highest BCUT2D eigenvalue weighted by Crippen LogP contribution is 2.09. The summed E-state index contributed by atoms with van der Waals surface area (Å²) in [6.45, 7) is 5.92. The Hall–Kier alpha value is -2.11. The first-order valence-electron chi connectivity index (χ1n) is 7.02. The molecule has 0 bridgehead atoms. The summed E-state index contributed by atoms with van der Waals surface area (Å²) in [7, 11) is 1.62. The molecule has 116 valence electrons. The summed E-state index contributed by atoms with van der Waals surface area (Å²) in [4.78, 5) is 29.1. The lowest BCUT2D eigenvalue weighted by Crippen LogP contribution is -2.49. The number of amides is 2. The number of rotatable bonds is 6. The number of nitrogens with zero attached hydrogens (tertiary/aromatic N) is 2. The fraction of sp³-hybridized carbons (Fsp3) is 0.533. The van der Waals surface area contributed by atoms with Gasteiger partial charge in [0.05, 0.1) is 12.2 Å². The molecule has 21 heavy (non-hydrogen) atoms. The molecule has 0 aliphatic carbocycles. The predicted molar refractivity (Wildman–Crippen MR) is 79.9 cm³/mol. The van der Waals surface area contributed by atoms with Gasteiger partial charge in [0, 0.05) is 12.7 Å². The third-order valence-corrected chi connectivity index (χ3v) is 3.45. The van der Waals surface area contributed by atoms with E-state index in [2.05, 4.69) is 10.3 Å². The Morgan fingerprint density at radius 1 is 1.43 bits per heavy atom. The number of hydrogen-bond acceptors (Lipinski definition) is 3. The van der Waals surface area contributed by atoms with E-state index in [1.807, 2.05) is 32.0 Å². The van der Waals surface area contributed by atoms with E-state index in [1.54, 1.807) is 14.0 Å². The Morgan fingerprint density at radius 2 is 2.10 bits per heavy atom. The highest BCUT2D eigenvalue weighted by atomic mass is 16.4. The van der Waals surface area contributed by atoms with Gasteiger partial charge in [-0.15, -0.1) is 0 Å². The van der Waals surface area contributed by atoms with Crippen LogP contribution in [0.2, 0.25) is 0 Å². The fourth-order valence-corrected chi connectivity index (χ4v) is 1.93. The molecule has 0 aliphatic rings. The van der Waals surface area contributed by atoms with E-state index in [1.165, 1.54) is 4.90 Å². The van der Waals surface area contributed by atoms with Gasteiger partial charge in [-0.05, 0) is 25.0 Å². The van der Waals surface area contributed by atoms with Crippen molar-refractivity contribution >= 4 is 12.0 Å². The maximum Gasteiger partial charge on any atom is 0.326 e. The van der Waals surface area contributed by atoms with Crippen LogP contribution in [0.4, 0.5) is 4.79 Å². The standard InChI is InChI=1S/C15H23N3O3/c1-5-10(2)13(14(19)20)17-15(21)18(4)9-12-8-6-7-11(3)16-12/h6-8,10,13H,5,9H2,1-4H3,(H,17,21)(H,19,20)/t10?,13-/m0/s1. The van der Waals surface area contributed by atoms with Crippen LogP contribution in [0.25, 0.3) is 0 Å². The largest absolute Gasteiger partial charge is 0.480 e. The highest BCUT2D eigenvalue weighted by Gasteiger charge is 2.26. The van der Waals surface area contributed by atoms with Crippen LogP contribution in [0.5, 0.6) is 0 Å². The molecule has 2 amide bonds. The second kappa shape index (κ2) is 7.61. The fourth-order valence-electron chi connectivity index (χ4n) is 1.93. The Bertz CT molecular complexity index is 505. The molecular formula is C15H23N3O3. The summed E-state index contributed by atoms with van der Waals surface area (Å²) in [6.07, 6.45) is 0.681. The SMILES string of the molecule is CCC(C)[C@H](NC(=O)N(C)Cc1cccc(C)n1)C(=O)O. The first-order valence-corrected chi connectivity index (χ1v) is 7.02. The van der Waals surface area contributed by atoms with Crippen molar-refractivity contribution < 1.29 is 14.7 Å². The number of aryl methyl sites for hydroxylation is 1. The normalized spacial score (nSPS) is 13.3. The summed E-state index contributed by atoms with van der Waals surface area (Å²) in [5.41, 5.74) is 1.65. The number of carboxylic acid groups (broad SMARTS) is 1. The van der Waals surface area contributed by atoms with Gasteiger partial charge in [0.25, 0.3) is 0 Å². The first-order chi connectivity index (χ1) is 9.85.